The van der Waals surface area contributed by atoms with E-state index in [1.807, 2.05) is 19.1 Å². The number of halogens is 1. The van der Waals surface area contributed by atoms with Crippen LogP contribution in [0.15, 0.2) is 29.3 Å². The summed E-state index contributed by atoms with van der Waals surface area (Å²) in [6, 6.07) is 8.27. The summed E-state index contributed by atoms with van der Waals surface area (Å²) in [5, 5.41) is 3.43. The number of hydrogen-bond acceptors (Lipinski definition) is 5. The Balaban J connectivity index is 0.00000341. The van der Waals surface area contributed by atoms with Crippen LogP contribution >= 0.6 is 24.0 Å². The number of methoxy groups -OCH3 is 1. The molecule has 2 aliphatic heterocycles. The van der Waals surface area contributed by atoms with Gasteiger partial charge in [0.05, 0.1) is 19.6 Å². The first-order chi connectivity index (χ1) is 14.6. The highest BCUT2D eigenvalue weighted by molar-refractivity contribution is 14.0. The highest BCUT2D eigenvalue weighted by Gasteiger charge is 2.28. The average Bonchev–Trinajstić information content (AvgIpc) is 3.26. The van der Waals surface area contributed by atoms with Crippen molar-refractivity contribution in [3.63, 3.8) is 0 Å². The van der Waals surface area contributed by atoms with Crippen molar-refractivity contribution >= 4 is 41.6 Å². The van der Waals surface area contributed by atoms with Gasteiger partial charge in [0.1, 0.15) is 5.75 Å². The molecule has 2 saturated heterocycles. The summed E-state index contributed by atoms with van der Waals surface area (Å²) < 4.78 is 10.5. The van der Waals surface area contributed by atoms with E-state index in [1.165, 1.54) is 5.69 Å². The van der Waals surface area contributed by atoms with Gasteiger partial charge in [-0.1, -0.05) is 6.07 Å². The van der Waals surface area contributed by atoms with Crippen molar-refractivity contribution in [3.8, 4) is 5.75 Å². The maximum Gasteiger partial charge on any atom is 0.309 e. The molecule has 8 heteroatoms. The monoisotopic (exact) mass is 544 g/mol. The van der Waals surface area contributed by atoms with Gasteiger partial charge in [-0.2, -0.15) is 0 Å². The molecule has 1 atom stereocenters. The molecular weight excluding hydrogens is 507 g/mol. The lowest BCUT2D eigenvalue weighted by molar-refractivity contribution is -0.149. The molecule has 174 valence electrons. The molecule has 0 aromatic heterocycles. The number of piperidine rings is 1. The lowest BCUT2D eigenvalue weighted by Gasteiger charge is -2.33. The van der Waals surface area contributed by atoms with Crippen LogP contribution in [-0.2, 0) is 9.53 Å². The van der Waals surface area contributed by atoms with Crippen LogP contribution in [0.1, 0.15) is 33.1 Å². The zero-order valence-corrected chi connectivity index (χ0v) is 21.3. The molecule has 0 saturated carbocycles. The first-order valence-electron chi connectivity index (χ1n) is 11.2. The standard InChI is InChI=1S/C23H36N4O3.HI/c1-4-24-23(26-13-10-19(11-14-26)22(28)30-5-2)25-16-18-9-12-27(17-18)20-7-6-8-21(15-20)29-3;/h6-8,15,18-19H,4-5,9-14,16-17H2,1-3H3,(H,24,25);1H. The SMILES string of the molecule is CCNC(=NCC1CCN(c2cccc(OC)c2)C1)N1CCC(C(=O)OCC)CC1.I. The first-order valence-corrected chi connectivity index (χ1v) is 11.2. The Labute approximate surface area is 203 Å². The molecule has 7 nitrogen and oxygen atoms in total. The van der Waals surface area contributed by atoms with Crippen LogP contribution in [0.2, 0.25) is 0 Å². The molecule has 1 aromatic carbocycles. The predicted molar refractivity (Wildman–Crippen MR) is 136 cm³/mol. The number of nitrogens with zero attached hydrogens (tertiary/aromatic N) is 3. The molecule has 0 aliphatic carbocycles. The van der Waals surface area contributed by atoms with E-state index < -0.39 is 0 Å². The van der Waals surface area contributed by atoms with Gasteiger partial charge in [0, 0.05) is 51.0 Å². The number of aliphatic imine (C=N–C) groups is 1. The molecule has 0 spiro atoms. The van der Waals surface area contributed by atoms with Gasteiger partial charge in [0.15, 0.2) is 5.96 Å². The third-order valence-electron chi connectivity index (χ3n) is 5.95. The predicted octanol–water partition coefficient (Wildman–Crippen LogP) is 3.38. The van der Waals surface area contributed by atoms with Crippen LogP contribution in [0.25, 0.3) is 0 Å². The fraction of sp³-hybridized carbons (Fsp3) is 0.652. The van der Waals surface area contributed by atoms with E-state index in [1.54, 1.807) is 7.11 Å². The number of guanidine groups is 1. The van der Waals surface area contributed by atoms with Gasteiger partial charge in [-0.3, -0.25) is 9.79 Å². The Morgan fingerprint density at radius 2 is 1.97 bits per heavy atom. The van der Waals surface area contributed by atoms with E-state index in [0.29, 0.717) is 12.5 Å². The number of carbonyl (C=O) groups is 1. The second kappa shape index (κ2) is 13.0. The van der Waals surface area contributed by atoms with Crippen molar-refractivity contribution in [1.29, 1.82) is 0 Å². The van der Waals surface area contributed by atoms with Crippen LogP contribution in [0.3, 0.4) is 0 Å². The highest BCUT2D eigenvalue weighted by Crippen LogP contribution is 2.27. The average molecular weight is 544 g/mol. The number of nitrogens with one attached hydrogen (secondary N) is 1. The number of esters is 1. The van der Waals surface area contributed by atoms with Crippen molar-refractivity contribution < 1.29 is 14.3 Å². The van der Waals surface area contributed by atoms with Crippen LogP contribution in [0.5, 0.6) is 5.75 Å². The quantitative estimate of drug-likeness (QED) is 0.246. The Morgan fingerprint density at radius 1 is 1.19 bits per heavy atom. The van der Waals surface area contributed by atoms with Crippen molar-refractivity contribution in [2.45, 2.75) is 33.1 Å². The van der Waals surface area contributed by atoms with Crippen LogP contribution < -0.4 is 15.0 Å². The second-order valence-corrected chi connectivity index (χ2v) is 8.01. The summed E-state index contributed by atoms with van der Waals surface area (Å²) in [5.41, 5.74) is 1.22. The lowest BCUT2D eigenvalue weighted by atomic mass is 9.97. The molecule has 1 unspecified atom stereocenters. The molecule has 31 heavy (non-hydrogen) atoms. The van der Waals surface area contributed by atoms with Gasteiger partial charge < -0.3 is 24.6 Å². The van der Waals surface area contributed by atoms with Crippen LogP contribution in [0, 0.1) is 11.8 Å². The number of carbonyl (C=O) groups excluding carboxylic acids is 1. The van der Waals surface area contributed by atoms with E-state index in [9.17, 15) is 4.79 Å². The van der Waals surface area contributed by atoms with Crippen LogP contribution in [0.4, 0.5) is 5.69 Å². The highest BCUT2D eigenvalue weighted by atomic mass is 127. The Hall–Kier alpha value is -1.71. The summed E-state index contributed by atoms with van der Waals surface area (Å²) in [7, 11) is 1.71. The molecule has 0 bridgehead atoms. The van der Waals surface area contributed by atoms with E-state index in [4.69, 9.17) is 14.5 Å². The maximum absolute atomic E-state index is 12.0. The van der Waals surface area contributed by atoms with E-state index in [0.717, 1.165) is 70.2 Å². The summed E-state index contributed by atoms with van der Waals surface area (Å²) in [4.78, 5) is 21.6. The second-order valence-electron chi connectivity index (χ2n) is 8.01. The molecule has 0 amide bonds. The van der Waals surface area contributed by atoms with Crippen molar-refractivity contribution in [1.82, 2.24) is 10.2 Å². The molecule has 2 fully saturated rings. The molecule has 1 N–H and O–H groups in total. The van der Waals surface area contributed by atoms with Gasteiger partial charge in [-0.05, 0) is 51.2 Å². The summed E-state index contributed by atoms with van der Waals surface area (Å²) in [6.07, 6.45) is 2.80. The minimum absolute atomic E-state index is 0. The van der Waals surface area contributed by atoms with Crippen molar-refractivity contribution in [2.24, 2.45) is 16.8 Å². The largest absolute Gasteiger partial charge is 0.497 e. The minimum atomic E-state index is -0.0531. The van der Waals surface area contributed by atoms with E-state index in [2.05, 4.69) is 34.2 Å². The van der Waals surface area contributed by atoms with E-state index >= 15 is 0 Å². The summed E-state index contributed by atoms with van der Waals surface area (Å²) >= 11 is 0. The molecular formula is C23H37IN4O3. The summed E-state index contributed by atoms with van der Waals surface area (Å²) in [6.45, 7) is 9.83. The maximum atomic E-state index is 12.0. The van der Waals surface area contributed by atoms with Gasteiger partial charge in [0.2, 0.25) is 0 Å². The molecule has 2 aliphatic rings. The topological polar surface area (TPSA) is 66.4 Å². The number of ether oxygens (including phenoxy) is 2. The van der Waals surface area contributed by atoms with E-state index in [-0.39, 0.29) is 35.9 Å². The fourth-order valence-corrected chi connectivity index (χ4v) is 4.25. The van der Waals surface area contributed by atoms with Crippen molar-refractivity contribution in [2.75, 3.05) is 57.9 Å². The van der Waals surface area contributed by atoms with Gasteiger partial charge >= 0.3 is 5.97 Å². The Bertz CT molecular complexity index is 723. The molecule has 3 rings (SSSR count). The molecule has 2 heterocycles. The van der Waals surface area contributed by atoms with Gasteiger partial charge in [-0.15, -0.1) is 24.0 Å². The third kappa shape index (κ3) is 7.15. The molecule has 0 radical (unpaired) electrons. The smallest absolute Gasteiger partial charge is 0.309 e. The Kier molecular flexibility index (Phi) is 10.7. The normalized spacial score (nSPS) is 19.7. The lowest BCUT2D eigenvalue weighted by Crippen LogP contribution is -2.47. The fourth-order valence-electron chi connectivity index (χ4n) is 4.25. The zero-order chi connectivity index (χ0) is 21.3. The number of likely N-dealkylation sites (tertiary alicyclic amines) is 1. The number of benzene rings is 1. The number of rotatable bonds is 7. The number of anilines is 1. The first kappa shape index (κ1) is 25.5. The third-order valence-corrected chi connectivity index (χ3v) is 5.95. The van der Waals surface area contributed by atoms with Gasteiger partial charge in [-0.25, -0.2) is 0 Å². The van der Waals surface area contributed by atoms with Gasteiger partial charge in [0.25, 0.3) is 0 Å². The number of hydrogen-bond donors (Lipinski definition) is 1. The summed E-state index contributed by atoms with van der Waals surface area (Å²) in [5.74, 6) is 2.38. The zero-order valence-electron chi connectivity index (χ0n) is 19.0. The van der Waals surface area contributed by atoms with Crippen LogP contribution in [-0.4, -0.2) is 69.8 Å². The Morgan fingerprint density at radius 3 is 2.65 bits per heavy atom. The van der Waals surface area contributed by atoms with Crippen molar-refractivity contribution in [3.05, 3.63) is 24.3 Å². The molecule has 1 aromatic rings. The minimum Gasteiger partial charge on any atom is -0.497 e.